The molecule has 1 aliphatic carbocycles. The molecule has 0 bridgehead atoms. The van der Waals surface area contributed by atoms with Gasteiger partial charge in [-0.25, -0.2) is 4.98 Å². The number of nitrogens with zero attached hydrogens (tertiary/aromatic N) is 3. The summed E-state index contributed by atoms with van der Waals surface area (Å²) in [4.78, 5) is 32.0. The van der Waals surface area contributed by atoms with Crippen LogP contribution in [0.15, 0.2) is 30.6 Å². The van der Waals surface area contributed by atoms with Crippen molar-refractivity contribution in [3.05, 3.63) is 36.3 Å². The first-order chi connectivity index (χ1) is 13.2. The topological polar surface area (TPSA) is 78.7 Å². The van der Waals surface area contributed by atoms with Gasteiger partial charge < -0.3 is 19.9 Å². The number of aromatic nitrogens is 2. The van der Waals surface area contributed by atoms with E-state index in [0.717, 1.165) is 30.7 Å². The zero-order chi connectivity index (χ0) is 18.4. The quantitative estimate of drug-likeness (QED) is 0.804. The molecule has 0 aromatic carbocycles. The van der Waals surface area contributed by atoms with Gasteiger partial charge in [0.1, 0.15) is 5.65 Å². The monoisotopic (exact) mass is 367 g/mol. The van der Waals surface area contributed by atoms with Crippen molar-refractivity contribution in [2.24, 2.45) is 17.3 Å². The summed E-state index contributed by atoms with van der Waals surface area (Å²) < 4.78 is 1.99. The van der Waals surface area contributed by atoms with Crippen molar-refractivity contribution < 1.29 is 9.59 Å². The first-order valence-corrected chi connectivity index (χ1v) is 9.86. The number of imidazole rings is 1. The standard InChI is InChI=1S/C20H25N5O2/c26-18(14-4-5-14)25-10-15-9-21-12-20(15,13-25)19(27)22-7-6-16-11-24-8-2-1-3-17(24)23-16/h1-3,8,11,14-15,21H,4-7,9-10,12-13H2,(H,22,27)/t15-,20-/m1/s1. The van der Waals surface area contributed by atoms with Crippen LogP contribution < -0.4 is 10.6 Å². The first-order valence-electron chi connectivity index (χ1n) is 9.86. The van der Waals surface area contributed by atoms with Crippen LogP contribution in [0, 0.1) is 17.3 Å². The van der Waals surface area contributed by atoms with Crippen molar-refractivity contribution >= 4 is 17.5 Å². The normalized spacial score (nSPS) is 27.1. The van der Waals surface area contributed by atoms with E-state index in [0.29, 0.717) is 32.6 Å². The van der Waals surface area contributed by atoms with Gasteiger partial charge in [-0.15, -0.1) is 0 Å². The molecule has 2 aliphatic heterocycles. The Morgan fingerprint density at radius 1 is 1.33 bits per heavy atom. The minimum Gasteiger partial charge on any atom is -0.355 e. The fourth-order valence-corrected chi connectivity index (χ4v) is 4.59. The Balaban J connectivity index is 1.22. The minimum atomic E-state index is -0.469. The maximum Gasteiger partial charge on any atom is 0.229 e. The summed E-state index contributed by atoms with van der Waals surface area (Å²) in [6, 6.07) is 5.91. The Morgan fingerprint density at radius 2 is 2.22 bits per heavy atom. The second-order valence-corrected chi connectivity index (χ2v) is 8.18. The van der Waals surface area contributed by atoms with Gasteiger partial charge in [0.25, 0.3) is 0 Å². The molecule has 2 atom stereocenters. The second kappa shape index (κ2) is 6.34. The number of hydrogen-bond acceptors (Lipinski definition) is 4. The summed E-state index contributed by atoms with van der Waals surface area (Å²) in [5.41, 5.74) is 1.42. The van der Waals surface area contributed by atoms with Crippen molar-refractivity contribution in [1.29, 1.82) is 0 Å². The summed E-state index contributed by atoms with van der Waals surface area (Å²) in [6.45, 7) is 3.30. The molecule has 27 heavy (non-hydrogen) atoms. The van der Waals surface area contributed by atoms with Gasteiger partial charge in [0, 0.05) is 63.4 Å². The number of likely N-dealkylation sites (tertiary alicyclic amines) is 1. The van der Waals surface area contributed by atoms with Crippen LogP contribution in [0.2, 0.25) is 0 Å². The van der Waals surface area contributed by atoms with Gasteiger partial charge in [-0.1, -0.05) is 6.07 Å². The average molecular weight is 367 g/mol. The molecule has 2 aromatic rings. The fourth-order valence-electron chi connectivity index (χ4n) is 4.59. The van der Waals surface area contributed by atoms with E-state index in [1.807, 2.05) is 39.9 Å². The van der Waals surface area contributed by atoms with Gasteiger partial charge in [-0.3, -0.25) is 9.59 Å². The highest BCUT2D eigenvalue weighted by molar-refractivity contribution is 5.87. The molecule has 1 saturated carbocycles. The van der Waals surface area contributed by atoms with Crippen LogP contribution in [0.25, 0.3) is 5.65 Å². The average Bonchev–Trinajstić information content (AvgIpc) is 3.14. The molecular formula is C20H25N5O2. The van der Waals surface area contributed by atoms with Gasteiger partial charge in [0.2, 0.25) is 11.8 Å². The zero-order valence-electron chi connectivity index (χ0n) is 15.4. The highest BCUT2D eigenvalue weighted by Crippen LogP contribution is 2.42. The molecule has 0 unspecified atom stereocenters. The molecule has 7 heteroatoms. The van der Waals surface area contributed by atoms with Crippen molar-refractivity contribution in [1.82, 2.24) is 24.9 Å². The van der Waals surface area contributed by atoms with Gasteiger partial charge in [-0.2, -0.15) is 0 Å². The van der Waals surface area contributed by atoms with Crippen molar-refractivity contribution in [3.63, 3.8) is 0 Å². The highest BCUT2D eigenvalue weighted by Gasteiger charge is 2.56. The molecule has 0 radical (unpaired) electrons. The van der Waals surface area contributed by atoms with Crippen LogP contribution in [-0.2, 0) is 16.0 Å². The van der Waals surface area contributed by atoms with E-state index >= 15 is 0 Å². The number of hydrogen-bond donors (Lipinski definition) is 2. The van der Waals surface area contributed by atoms with E-state index in [2.05, 4.69) is 15.6 Å². The Hall–Kier alpha value is -2.41. The third kappa shape index (κ3) is 2.90. The highest BCUT2D eigenvalue weighted by atomic mass is 16.2. The van der Waals surface area contributed by atoms with Crippen molar-refractivity contribution in [3.8, 4) is 0 Å². The predicted molar refractivity (Wildman–Crippen MR) is 100 cm³/mol. The molecule has 4 heterocycles. The number of carbonyl (C=O) groups is 2. The Kier molecular flexibility index (Phi) is 3.93. The van der Waals surface area contributed by atoms with E-state index in [9.17, 15) is 9.59 Å². The number of carbonyl (C=O) groups excluding carboxylic acids is 2. The van der Waals surface area contributed by atoms with E-state index in [1.54, 1.807) is 0 Å². The molecule has 3 fully saturated rings. The summed E-state index contributed by atoms with van der Waals surface area (Å²) in [7, 11) is 0. The Morgan fingerprint density at radius 3 is 3.04 bits per heavy atom. The lowest BCUT2D eigenvalue weighted by Gasteiger charge is -2.26. The molecule has 3 aliphatic rings. The first kappa shape index (κ1) is 16.7. The third-order valence-corrected chi connectivity index (χ3v) is 6.30. The van der Waals surface area contributed by atoms with Crippen molar-refractivity contribution in [2.75, 3.05) is 32.7 Å². The lowest BCUT2D eigenvalue weighted by Crippen LogP contribution is -2.48. The molecule has 142 valence electrons. The number of fused-ring (bicyclic) bond motifs is 2. The number of pyridine rings is 1. The fraction of sp³-hybridized carbons (Fsp3) is 0.550. The minimum absolute atomic E-state index is 0.0763. The maximum absolute atomic E-state index is 13.1. The molecule has 2 amide bonds. The van der Waals surface area contributed by atoms with Gasteiger partial charge in [0.15, 0.2) is 0 Å². The van der Waals surface area contributed by atoms with Gasteiger partial charge in [-0.05, 0) is 25.0 Å². The van der Waals surface area contributed by atoms with Crippen LogP contribution in [-0.4, -0.2) is 58.8 Å². The summed E-state index contributed by atoms with van der Waals surface area (Å²) in [5.74, 6) is 0.760. The molecule has 7 nitrogen and oxygen atoms in total. The lowest BCUT2D eigenvalue weighted by atomic mass is 9.80. The summed E-state index contributed by atoms with van der Waals surface area (Å²) >= 11 is 0. The van der Waals surface area contributed by atoms with Crippen LogP contribution >= 0.6 is 0 Å². The number of amides is 2. The largest absolute Gasteiger partial charge is 0.355 e. The maximum atomic E-state index is 13.1. The number of nitrogens with one attached hydrogen (secondary N) is 2. The molecule has 2 aromatic heterocycles. The SMILES string of the molecule is O=C(C1CC1)N1C[C@H]2CNC[C@@]2(C(=O)NCCc2cn3ccccc3n2)C1. The smallest absolute Gasteiger partial charge is 0.229 e. The summed E-state index contributed by atoms with van der Waals surface area (Å²) in [5, 5.41) is 6.48. The molecule has 2 N–H and O–H groups in total. The zero-order valence-corrected chi connectivity index (χ0v) is 15.4. The molecule has 2 saturated heterocycles. The van der Waals surface area contributed by atoms with E-state index in [1.165, 1.54) is 0 Å². The molecule has 5 rings (SSSR count). The van der Waals surface area contributed by atoms with Crippen LogP contribution in [0.1, 0.15) is 18.5 Å². The van der Waals surface area contributed by atoms with Crippen molar-refractivity contribution in [2.45, 2.75) is 19.3 Å². The van der Waals surface area contributed by atoms with E-state index in [4.69, 9.17) is 0 Å². The van der Waals surface area contributed by atoms with Crippen LogP contribution in [0.4, 0.5) is 0 Å². The van der Waals surface area contributed by atoms with Crippen LogP contribution in [0.3, 0.4) is 0 Å². The van der Waals surface area contributed by atoms with E-state index < -0.39 is 5.41 Å². The number of rotatable bonds is 5. The van der Waals surface area contributed by atoms with E-state index in [-0.39, 0.29) is 23.7 Å². The predicted octanol–water partition coefficient (Wildman–Crippen LogP) is 0.451. The lowest BCUT2D eigenvalue weighted by molar-refractivity contribution is -0.133. The molecular weight excluding hydrogens is 342 g/mol. The van der Waals surface area contributed by atoms with Crippen LogP contribution in [0.5, 0.6) is 0 Å². The Bertz CT molecular complexity index is 856. The third-order valence-electron chi connectivity index (χ3n) is 6.30. The van der Waals surface area contributed by atoms with Gasteiger partial charge in [0.05, 0.1) is 11.1 Å². The summed E-state index contributed by atoms with van der Waals surface area (Å²) in [6.07, 6.45) is 6.70. The molecule has 0 spiro atoms. The second-order valence-electron chi connectivity index (χ2n) is 8.18. The van der Waals surface area contributed by atoms with Gasteiger partial charge >= 0.3 is 0 Å². The Labute approximate surface area is 158 Å².